The van der Waals surface area contributed by atoms with Crippen molar-refractivity contribution < 1.29 is 5.03 Å². The molecule has 2 aromatic rings. The number of para-hydroxylation sites is 2. The Morgan fingerprint density at radius 1 is 1.05 bits per heavy atom. The van der Waals surface area contributed by atoms with Crippen LogP contribution < -0.4 is 10.1 Å². The van der Waals surface area contributed by atoms with Gasteiger partial charge < -0.3 is 0 Å². The molecule has 0 heterocycles. The topological polar surface area (TPSA) is 55.2 Å². The summed E-state index contributed by atoms with van der Waals surface area (Å²) in [6.07, 6.45) is 1.60. The van der Waals surface area contributed by atoms with E-state index in [1.54, 1.807) is 54.6 Å². The Morgan fingerprint density at radius 3 is 1.85 bits per heavy atom. The number of benzene rings is 2. The van der Waals surface area contributed by atoms with Crippen LogP contribution in [0.25, 0.3) is 0 Å². The lowest BCUT2D eigenvalue weighted by molar-refractivity contribution is -0.637. The molecule has 0 fully saturated rings. The van der Waals surface area contributed by atoms with Crippen molar-refractivity contribution in [3.8, 4) is 0 Å². The monoisotopic (exact) mass is 270 g/mol. The molecule has 5 heteroatoms. The van der Waals surface area contributed by atoms with Crippen LogP contribution in [-0.4, -0.2) is 11.6 Å². The summed E-state index contributed by atoms with van der Waals surface area (Å²) >= 11 is 0. The Balaban J connectivity index is 2.63. The van der Waals surface area contributed by atoms with Crippen LogP contribution in [0.4, 0.5) is 11.4 Å². The molecular formula is C15H16N3O2+. The van der Waals surface area contributed by atoms with Gasteiger partial charge in [0, 0.05) is 24.3 Å². The van der Waals surface area contributed by atoms with Gasteiger partial charge in [0.25, 0.3) is 5.03 Å². The molecule has 0 aromatic heterocycles. The molecule has 0 spiro atoms. The summed E-state index contributed by atoms with van der Waals surface area (Å²) in [5.74, 6) is 0. The first-order chi connectivity index (χ1) is 9.71. The van der Waals surface area contributed by atoms with Gasteiger partial charge in [-0.25, -0.2) is 10.1 Å². The van der Waals surface area contributed by atoms with E-state index in [0.717, 1.165) is 0 Å². The van der Waals surface area contributed by atoms with Crippen molar-refractivity contribution in [3.05, 3.63) is 83.4 Å². The van der Waals surface area contributed by atoms with E-state index in [0.29, 0.717) is 17.9 Å². The maximum atomic E-state index is 11.8. The number of rotatable bonds is 6. The van der Waals surface area contributed by atoms with Crippen molar-refractivity contribution in [2.24, 2.45) is 0 Å². The summed E-state index contributed by atoms with van der Waals surface area (Å²) < 4.78 is -0.659. The highest BCUT2D eigenvalue weighted by molar-refractivity contribution is 5.54. The second kappa shape index (κ2) is 6.10. The Hall–Kier alpha value is -2.50. The number of hydrogen-bond donors (Lipinski definition) is 1. The van der Waals surface area contributed by atoms with E-state index in [4.69, 9.17) is 0 Å². The van der Waals surface area contributed by atoms with E-state index in [1.165, 1.54) is 0 Å². The van der Waals surface area contributed by atoms with Gasteiger partial charge in [-0.3, -0.25) is 0 Å². The molecule has 0 saturated carbocycles. The molecule has 0 amide bonds. The summed E-state index contributed by atoms with van der Waals surface area (Å²) in [5.41, 5.74) is 4.00. The zero-order valence-electron chi connectivity index (χ0n) is 11.0. The summed E-state index contributed by atoms with van der Waals surface area (Å²) in [5, 5.41) is 11.5. The predicted molar refractivity (Wildman–Crippen MR) is 79.5 cm³/mol. The molecule has 0 aliphatic carbocycles. The van der Waals surface area contributed by atoms with Gasteiger partial charge in [0.1, 0.15) is 0 Å². The van der Waals surface area contributed by atoms with Crippen LogP contribution in [0.5, 0.6) is 0 Å². The largest absolute Gasteiger partial charge is 0.270 e. The third kappa shape index (κ3) is 2.45. The quantitative estimate of drug-likeness (QED) is 0.379. The molecule has 0 bridgehead atoms. The zero-order valence-corrected chi connectivity index (χ0v) is 11.0. The highest BCUT2D eigenvalue weighted by Gasteiger charge is 2.46. The molecule has 1 N–H and O–H groups in total. The van der Waals surface area contributed by atoms with Gasteiger partial charge in [0.05, 0.1) is 11.2 Å². The van der Waals surface area contributed by atoms with Crippen LogP contribution in [0.15, 0.2) is 73.3 Å². The number of hydrogen-bond acceptors (Lipinski definition) is 3. The molecule has 2 aromatic carbocycles. The van der Waals surface area contributed by atoms with E-state index in [1.807, 2.05) is 12.1 Å². The number of nitrogens with zero attached hydrogens (tertiary/aromatic N) is 2. The van der Waals surface area contributed by atoms with Gasteiger partial charge >= 0.3 is 0 Å². The minimum Gasteiger partial charge on any atom is -0.205 e. The molecule has 5 nitrogen and oxygen atoms in total. The summed E-state index contributed by atoms with van der Waals surface area (Å²) in [7, 11) is 0. The van der Waals surface area contributed by atoms with Gasteiger partial charge in [0.15, 0.2) is 0 Å². The zero-order chi connectivity index (χ0) is 14.4. The summed E-state index contributed by atoms with van der Waals surface area (Å²) in [6.45, 7) is 3.93. The van der Waals surface area contributed by atoms with Crippen LogP contribution in [-0.2, 0) is 0 Å². The maximum Gasteiger partial charge on any atom is 0.270 e. The first-order valence-corrected chi connectivity index (χ1v) is 6.23. The minimum atomic E-state index is -0.659. The standard InChI is InChI=1S/C15H16N3O2/c1-2-13-16-18(17(19)20,14-9-5-3-6-10-14)15-11-7-4-8-12-15/h2-12,16H,1,13H2/q+1. The smallest absolute Gasteiger partial charge is 0.205 e. The number of quaternary nitrogens is 1. The van der Waals surface area contributed by atoms with E-state index in [2.05, 4.69) is 12.0 Å². The van der Waals surface area contributed by atoms with E-state index in [9.17, 15) is 10.1 Å². The third-order valence-electron chi connectivity index (χ3n) is 2.97. The molecule has 0 saturated heterocycles. The maximum absolute atomic E-state index is 11.8. The van der Waals surface area contributed by atoms with Gasteiger partial charge in [-0.2, -0.15) is 0 Å². The average Bonchev–Trinajstić information content (AvgIpc) is 2.50. The Morgan fingerprint density at radius 2 is 1.50 bits per heavy atom. The Labute approximate surface area is 117 Å². The van der Waals surface area contributed by atoms with Crippen LogP contribution >= 0.6 is 0 Å². The van der Waals surface area contributed by atoms with Crippen molar-refractivity contribution in [2.75, 3.05) is 6.54 Å². The lowest BCUT2D eigenvalue weighted by Crippen LogP contribution is -2.59. The molecule has 20 heavy (non-hydrogen) atoms. The SMILES string of the molecule is C=CCN[N+](c1ccccc1)(c1ccccc1)[N+](=O)[O-]. The molecule has 0 unspecified atom stereocenters. The van der Waals surface area contributed by atoms with Crippen molar-refractivity contribution in [1.82, 2.24) is 10.1 Å². The second-order valence-electron chi connectivity index (χ2n) is 4.20. The first kappa shape index (κ1) is 13.9. The third-order valence-corrected chi connectivity index (χ3v) is 2.97. The van der Waals surface area contributed by atoms with Crippen LogP contribution in [0.3, 0.4) is 0 Å². The van der Waals surface area contributed by atoms with E-state index in [-0.39, 0.29) is 5.03 Å². The molecule has 0 aliphatic rings. The van der Waals surface area contributed by atoms with E-state index >= 15 is 0 Å². The molecule has 0 aliphatic heterocycles. The van der Waals surface area contributed by atoms with Crippen molar-refractivity contribution in [1.29, 1.82) is 0 Å². The fourth-order valence-corrected chi connectivity index (χ4v) is 2.06. The lowest BCUT2D eigenvalue weighted by atomic mass is 10.2. The van der Waals surface area contributed by atoms with Crippen LogP contribution in [0, 0.1) is 10.1 Å². The second-order valence-corrected chi connectivity index (χ2v) is 4.20. The number of nitro groups is 1. The highest BCUT2D eigenvalue weighted by Crippen LogP contribution is 2.31. The average molecular weight is 270 g/mol. The fraction of sp³-hybridized carbons (Fsp3) is 0.0667. The molecule has 102 valence electrons. The van der Waals surface area contributed by atoms with Gasteiger partial charge in [-0.15, -0.1) is 6.58 Å². The normalized spacial score (nSPS) is 11.0. The fourth-order valence-electron chi connectivity index (χ4n) is 2.06. The number of nitrogens with one attached hydrogen (secondary N) is 1. The summed E-state index contributed by atoms with van der Waals surface area (Å²) in [6, 6.07) is 17.7. The molecular weight excluding hydrogens is 254 g/mol. The molecule has 0 radical (unpaired) electrons. The lowest BCUT2D eigenvalue weighted by Gasteiger charge is -2.24. The highest BCUT2D eigenvalue weighted by atomic mass is 16.7. The van der Waals surface area contributed by atoms with Crippen LogP contribution in [0.2, 0.25) is 0 Å². The van der Waals surface area contributed by atoms with Gasteiger partial charge in [-0.05, 0) is 0 Å². The van der Waals surface area contributed by atoms with Crippen molar-refractivity contribution >= 4 is 11.4 Å². The first-order valence-electron chi connectivity index (χ1n) is 6.23. The van der Waals surface area contributed by atoms with E-state index < -0.39 is 4.70 Å². The van der Waals surface area contributed by atoms with Crippen molar-refractivity contribution in [3.63, 3.8) is 0 Å². The van der Waals surface area contributed by atoms with Gasteiger partial charge in [-0.1, -0.05) is 47.9 Å². The Kier molecular flexibility index (Phi) is 4.24. The minimum absolute atomic E-state index is 0.310. The predicted octanol–water partition coefficient (Wildman–Crippen LogP) is 3.21. The molecule has 0 atom stereocenters. The Bertz CT molecular complexity index is 545. The van der Waals surface area contributed by atoms with Crippen LogP contribution in [0.1, 0.15) is 0 Å². The molecule has 2 rings (SSSR count). The van der Waals surface area contributed by atoms with Crippen molar-refractivity contribution in [2.45, 2.75) is 0 Å². The summed E-state index contributed by atoms with van der Waals surface area (Å²) in [4.78, 5) is 11.8. The van der Waals surface area contributed by atoms with Gasteiger partial charge in [0.2, 0.25) is 11.4 Å².